The number of morpholine rings is 1. The topological polar surface area (TPSA) is 96.0 Å². The van der Waals surface area contributed by atoms with Crippen molar-refractivity contribution in [2.45, 2.75) is 17.7 Å². The molecule has 0 bridgehead atoms. The Balaban J connectivity index is 1.42. The molecule has 1 atom stereocenters. The quantitative estimate of drug-likeness (QED) is 0.734. The predicted molar refractivity (Wildman–Crippen MR) is 118 cm³/mol. The van der Waals surface area contributed by atoms with Gasteiger partial charge in [-0.1, -0.05) is 12.1 Å². The Morgan fingerprint density at radius 1 is 1.10 bits per heavy atom. The number of carbonyl (C=O) groups excluding carboxylic acids is 2. The normalized spacial score (nSPS) is 20.4. The zero-order chi connectivity index (χ0) is 21.8. The summed E-state index contributed by atoms with van der Waals surface area (Å²) in [5, 5.41) is 4.70. The van der Waals surface area contributed by atoms with Crippen LogP contribution in [0, 0.1) is 5.92 Å². The first-order valence-electron chi connectivity index (χ1n) is 10.3. The fraction of sp³-hybridized carbons (Fsp3) is 0.429. The van der Waals surface area contributed by atoms with E-state index in [1.54, 1.807) is 23.1 Å². The second-order valence-electron chi connectivity index (χ2n) is 7.60. The van der Waals surface area contributed by atoms with Crippen molar-refractivity contribution >= 4 is 38.9 Å². The van der Waals surface area contributed by atoms with E-state index in [1.165, 1.54) is 27.8 Å². The van der Waals surface area contributed by atoms with Crippen molar-refractivity contribution in [1.82, 2.24) is 9.21 Å². The first kappa shape index (κ1) is 21.9. The molecule has 1 aromatic carbocycles. The van der Waals surface area contributed by atoms with Crippen LogP contribution in [0.4, 0.5) is 5.69 Å². The smallest absolute Gasteiger partial charge is 0.263 e. The Hall–Kier alpha value is -2.27. The molecule has 1 aromatic heterocycles. The van der Waals surface area contributed by atoms with Gasteiger partial charge >= 0.3 is 0 Å². The zero-order valence-corrected chi connectivity index (χ0v) is 18.7. The Morgan fingerprint density at radius 3 is 2.65 bits per heavy atom. The molecule has 2 aliphatic heterocycles. The lowest BCUT2D eigenvalue weighted by Crippen LogP contribution is -2.43. The molecule has 166 valence electrons. The number of piperidine rings is 1. The van der Waals surface area contributed by atoms with Crippen LogP contribution in [-0.4, -0.2) is 68.8 Å². The molecule has 31 heavy (non-hydrogen) atoms. The summed E-state index contributed by atoms with van der Waals surface area (Å²) in [6, 6.07) is 9.94. The minimum Gasteiger partial charge on any atom is -0.379 e. The Kier molecular flexibility index (Phi) is 6.71. The van der Waals surface area contributed by atoms with Gasteiger partial charge in [-0.15, -0.1) is 11.3 Å². The number of benzene rings is 1. The average Bonchev–Trinajstić information content (AvgIpc) is 3.34. The number of carbonyl (C=O) groups is 2. The Bertz CT molecular complexity index is 1030. The van der Waals surface area contributed by atoms with Crippen LogP contribution in [0.5, 0.6) is 0 Å². The largest absolute Gasteiger partial charge is 0.379 e. The summed E-state index contributed by atoms with van der Waals surface area (Å²) < 4.78 is 32.4. The number of sulfonamides is 1. The third kappa shape index (κ3) is 4.98. The van der Waals surface area contributed by atoms with Crippen LogP contribution in [0.25, 0.3) is 0 Å². The molecular weight excluding hydrogens is 438 g/mol. The van der Waals surface area contributed by atoms with Gasteiger partial charge in [0.25, 0.3) is 5.91 Å². The predicted octanol–water partition coefficient (Wildman–Crippen LogP) is 2.26. The molecule has 1 N–H and O–H groups in total. The standard InChI is InChI=1S/C21H25N3O5S2/c25-20(16-4-2-8-23(15-16)21(26)19-7-3-13-30-19)22-17-5-1-6-18(14-17)31(27,28)24-9-11-29-12-10-24/h1,3,5-7,13-14,16H,2,4,8-12,15H2,(H,22,25). The van der Waals surface area contributed by atoms with Crippen LogP contribution < -0.4 is 5.32 Å². The third-order valence-electron chi connectivity index (χ3n) is 5.52. The van der Waals surface area contributed by atoms with E-state index in [9.17, 15) is 18.0 Å². The fourth-order valence-electron chi connectivity index (χ4n) is 3.85. The maximum Gasteiger partial charge on any atom is 0.263 e. The molecule has 2 fully saturated rings. The highest BCUT2D eigenvalue weighted by atomic mass is 32.2. The van der Waals surface area contributed by atoms with Crippen molar-refractivity contribution in [3.8, 4) is 0 Å². The monoisotopic (exact) mass is 463 g/mol. The average molecular weight is 464 g/mol. The maximum atomic E-state index is 12.9. The van der Waals surface area contributed by atoms with Crippen molar-refractivity contribution in [1.29, 1.82) is 0 Å². The third-order valence-corrected chi connectivity index (χ3v) is 8.27. The molecule has 8 nitrogen and oxygen atoms in total. The second-order valence-corrected chi connectivity index (χ2v) is 10.5. The van der Waals surface area contributed by atoms with Crippen molar-refractivity contribution in [3.63, 3.8) is 0 Å². The van der Waals surface area contributed by atoms with Crippen LogP contribution in [0.1, 0.15) is 22.5 Å². The molecule has 2 saturated heterocycles. The molecule has 0 radical (unpaired) electrons. The van der Waals surface area contributed by atoms with E-state index in [1.807, 2.05) is 11.4 Å². The molecule has 0 spiro atoms. The highest BCUT2D eigenvalue weighted by molar-refractivity contribution is 7.89. The summed E-state index contributed by atoms with van der Waals surface area (Å²) in [5.74, 6) is -0.590. The van der Waals surface area contributed by atoms with Crippen molar-refractivity contribution in [2.75, 3.05) is 44.7 Å². The van der Waals surface area contributed by atoms with E-state index in [4.69, 9.17) is 4.74 Å². The summed E-state index contributed by atoms with van der Waals surface area (Å²) in [7, 11) is -3.64. The summed E-state index contributed by atoms with van der Waals surface area (Å²) in [6.45, 7) is 2.36. The van der Waals surface area contributed by atoms with Crippen LogP contribution in [-0.2, 0) is 19.6 Å². The van der Waals surface area contributed by atoms with Gasteiger partial charge in [0.05, 0.1) is 28.9 Å². The van der Waals surface area contributed by atoms with Gasteiger partial charge in [-0.25, -0.2) is 8.42 Å². The van der Waals surface area contributed by atoms with Crippen LogP contribution in [0.2, 0.25) is 0 Å². The zero-order valence-electron chi connectivity index (χ0n) is 17.0. The van der Waals surface area contributed by atoms with Gasteiger partial charge < -0.3 is 15.0 Å². The first-order chi connectivity index (χ1) is 14.9. The second kappa shape index (κ2) is 9.47. The SMILES string of the molecule is O=C(Nc1cccc(S(=O)(=O)N2CCOCC2)c1)C1CCCN(C(=O)c2cccs2)C1. The number of nitrogens with one attached hydrogen (secondary N) is 1. The van der Waals surface area contributed by atoms with Gasteiger partial charge in [-0.05, 0) is 42.5 Å². The van der Waals surface area contributed by atoms with Gasteiger partial charge in [0.2, 0.25) is 15.9 Å². The molecule has 10 heteroatoms. The summed E-state index contributed by atoms with van der Waals surface area (Å²) >= 11 is 1.39. The van der Waals surface area contributed by atoms with Crippen LogP contribution >= 0.6 is 11.3 Å². The number of anilines is 1. The highest BCUT2D eigenvalue weighted by Crippen LogP contribution is 2.24. The summed E-state index contributed by atoms with van der Waals surface area (Å²) in [4.78, 5) is 28.0. The van der Waals surface area contributed by atoms with Crippen LogP contribution in [0.15, 0.2) is 46.7 Å². The minimum absolute atomic E-state index is 0.0499. The van der Waals surface area contributed by atoms with E-state index < -0.39 is 10.0 Å². The van der Waals surface area contributed by atoms with Gasteiger partial charge in [-0.3, -0.25) is 9.59 Å². The molecule has 0 saturated carbocycles. The number of hydrogen-bond donors (Lipinski definition) is 1. The minimum atomic E-state index is -3.64. The van der Waals surface area contributed by atoms with Gasteiger partial charge in [0.1, 0.15) is 0 Å². The number of hydrogen-bond acceptors (Lipinski definition) is 6. The number of ether oxygens (including phenoxy) is 1. The lowest BCUT2D eigenvalue weighted by atomic mass is 9.97. The molecular formula is C21H25N3O5S2. The van der Waals surface area contributed by atoms with Crippen molar-refractivity contribution in [2.24, 2.45) is 5.92 Å². The van der Waals surface area contributed by atoms with E-state index in [-0.39, 0.29) is 22.6 Å². The lowest BCUT2D eigenvalue weighted by molar-refractivity contribution is -0.121. The van der Waals surface area contributed by atoms with Crippen molar-refractivity contribution in [3.05, 3.63) is 46.7 Å². The number of rotatable bonds is 5. The number of amides is 2. The molecule has 4 rings (SSSR count). The van der Waals surface area contributed by atoms with Crippen molar-refractivity contribution < 1.29 is 22.7 Å². The summed E-state index contributed by atoms with van der Waals surface area (Å²) in [5.41, 5.74) is 0.432. The Labute approximate surface area is 185 Å². The number of thiophene rings is 1. The highest BCUT2D eigenvalue weighted by Gasteiger charge is 2.30. The molecule has 2 aliphatic rings. The van der Waals surface area contributed by atoms with E-state index >= 15 is 0 Å². The molecule has 3 heterocycles. The van der Waals surface area contributed by atoms with Gasteiger partial charge in [-0.2, -0.15) is 4.31 Å². The molecule has 2 amide bonds. The number of likely N-dealkylation sites (tertiary alicyclic amines) is 1. The fourth-order valence-corrected chi connectivity index (χ4v) is 5.99. The Morgan fingerprint density at radius 2 is 1.90 bits per heavy atom. The molecule has 2 aromatic rings. The van der Waals surface area contributed by atoms with Gasteiger partial charge in [0, 0.05) is 31.9 Å². The maximum absolute atomic E-state index is 12.9. The summed E-state index contributed by atoms with van der Waals surface area (Å²) in [6.07, 6.45) is 1.44. The van der Waals surface area contributed by atoms with Crippen LogP contribution in [0.3, 0.4) is 0 Å². The van der Waals surface area contributed by atoms with E-state index in [0.717, 1.165) is 6.42 Å². The van der Waals surface area contributed by atoms with Gasteiger partial charge in [0.15, 0.2) is 0 Å². The van der Waals surface area contributed by atoms with E-state index in [0.29, 0.717) is 56.4 Å². The lowest BCUT2D eigenvalue weighted by Gasteiger charge is -2.31. The van der Waals surface area contributed by atoms with E-state index in [2.05, 4.69) is 5.32 Å². The molecule has 1 unspecified atom stereocenters. The number of nitrogens with zero attached hydrogens (tertiary/aromatic N) is 2. The first-order valence-corrected chi connectivity index (χ1v) is 12.6. The molecule has 0 aliphatic carbocycles.